The summed E-state index contributed by atoms with van der Waals surface area (Å²) in [5, 5.41) is 0. The molecular weight excluding hydrogens is 331 g/mol. The van der Waals surface area contributed by atoms with Crippen molar-refractivity contribution in [3.05, 3.63) is 71.3 Å². The van der Waals surface area contributed by atoms with Crippen molar-refractivity contribution in [3.63, 3.8) is 0 Å². The van der Waals surface area contributed by atoms with Gasteiger partial charge in [0.25, 0.3) is 0 Å². The molecular formula is C21H27O3P-2. The van der Waals surface area contributed by atoms with E-state index in [0.717, 1.165) is 18.4 Å². The van der Waals surface area contributed by atoms with Crippen LogP contribution < -0.4 is 9.79 Å². The van der Waals surface area contributed by atoms with Crippen molar-refractivity contribution >= 4 is 7.60 Å². The van der Waals surface area contributed by atoms with Gasteiger partial charge in [0.2, 0.25) is 0 Å². The van der Waals surface area contributed by atoms with Gasteiger partial charge in [-0.25, -0.2) is 0 Å². The maximum Gasteiger partial charge on any atom is 0.00922 e. The highest BCUT2D eigenvalue weighted by atomic mass is 31.2. The lowest BCUT2D eigenvalue weighted by Gasteiger charge is -2.31. The average Bonchev–Trinajstić information content (AvgIpc) is 2.58. The van der Waals surface area contributed by atoms with Crippen LogP contribution in [-0.2, 0) is 10.7 Å². The van der Waals surface area contributed by atoms with Gasteiger partial charge >= 0.3 is 0 Å². The first-order chi connectivity index (χ1) is 12.0. The quantitative estimate of drug-likeness (QED) is 0.461. The maximum atomic E-state index is 11.3. The van der Waals surface area contributed by atoms with Crippen molar-refractivity contribution in [3.8, 4) is 0 Å². The minimum absolute atomic E-state index is 0.130. The lowest BCUT2D eigenvalue weighted by molar-refractivity contribution is -0.314. The third-order valence-electron chi connectivity index (χ3n) is 4.59. The second-order valence-electron chi connectivity index (χ2n) is 6.63. The van der Waals surface area contributed by atoms with E-state index in [0.29, 0.717) is 5.56 Å². The van der Waals surface area contributed by atoms with Gasteiger partial charge in [-0.3, -0.25) is 0 Å². The molecule has 0 saturated heterocycles. The predicted molar refractivity (Wildman–Crippen MR) is 99.4 cm³/mol. The van der Waals surface area contributed by atoms with Crippen molar-refractivity contribution in [2.24, 2.45) is 0 Å². The summed E-state index contributed by atoms with van der Waals surface area (Å²) >= 11 is 0. The zero-order valence-corrected chi connectivity index (χ0v) is 15.8. The molecule has 0 aromatic heterocycles. The molecule has 0 aliphatic carbocycles. The molecule has 4 heteroatoms. The summed E-state index contributed by atoms with van der Waals surface area (Å²) in [7, 11) is -4.59. The molecule has 2 aromatic rings. The SMILES string of the molecule is CCCCCCCC(c1ccccc1)c1ccccc1CP(=O)([O-])[O-]. The topological polar surface area (TPSA) is 63.2 Å². The summed E-state index contributed by atoms with van der Waals surface area (Å²) < 4.78 is 11.3. The summed E-state index contributed by atoms with van der Waals surface area (Å²) in [5.41, 5.74) is 2.78. The number of hydrogen-bond donors (Lipinski definition) is 0. The van der Waals surface area contributed by atoms with Crippen molar-refractivity contribution in [1.29, 1.82) is 0 Å². The molecule has 3 nitrogen and oxygen atoms in total. The Bertz CT molecular complexity index is 679. The molecule has 0 amide bonds. The molecule has 0 saturated carbocycles. The molecule has 1 atom stereocenters. The molecule has 0 aliphatic heterocycles. The summed E-state index contributed by atoms with van der Waals surface area (Å²) in [6.07, 6.45) is 6.53. The molecule has 0 radical (unpaired) electrons. The Morgan fingerprint density at radius 3 is 2.20 bits per heavy atom. The second kappa shape index (κ2) is 9.91. The first kappa shape index (κ1) is 19.9. The van der Waals surface area contributed by atoms with E-state index in [4.69, 9.17) is 0 Å². The molecule has 25 heavy (non-hydrogen) atoms. The van der Waals surface area contributed by atoms with Gasteiger partial charge in [-0.1, -0.05) is 101 Å². The van der Waals surface area contributed by atoms with Crippen LogP contribution in [0.3, 0.4) is 0 Å². The highest BCUT2D eigenvalue weighted by Gasteiger charge is 2.17. The zero-order chi connectivity index (χ0) is 18.1. The Morgan fingerprint density at radius 2 is 1.52 bits per heavy atom. The number of rotatable bonds is 10. The van der Waals surface area contributed by atoms with Gasteiger partial charge in [-0.15, -0.1) is 0 Å². The van der Waals surface area contributed by atoms with Crippen LogP contribution >= 0.6 is 7.60 Å². The number of hydrogen-bond acceptors (Lipinski definition) is 3. The van der Waals surface area contributed by atoms with Crippen LogP contribution in [-0.4, -0.2) is 0 Å². The van der Waals surface area contributed by atoms with Crippen LogP contribution in [0.1, 0.15) is 68.1 Å². The van der Waals surface area contributed by atoms with Crippen molar-refractivity contribution in [2.45, 2.75) is 57.5 Å². The van der Waals surface area contributed by atoms with E-state index >= 15 is 0 Å². The van der Waals surface area contributed by atoms with Crippen LogP contribution in [0.15, 0.2) is 54.6 Å². The van der Waals surface area contributed by atoms with Gasteiger partial charge < -0.3 is 14.4 Å². The number of unbranched alkanes of at least 4 members (excludes halogenated alkanes) is 4. The Hall–Kier alpha value is -1.41. The molecule has 136 valence electrons. The van der Waals surface area contributed by atoms with Crippen molar-refractivity contribution < 1.29 is 14.4 Å². The minimum Gasteiger partial charge on any atom is -0.810 e. The van der Waals surface area contributed by atoms with Crippen LogP contribution in [0.2, 0.25) is 0 Å². The van der Waals surface area contributed by atoms with E-state index in [9.17, 15) is 14.4 Å². The van der Waals surface area contributed by atoms with Crippen LogP contribution in [0.5, 0.6) is 0 Å². The second-order valence-corrected chi connectivity index (χ2v) is 8.17. The minimum atomic E-state index is -4.59. The Labute approximate surface area is 151 Å². The Balaban J connectivity index is 2.25. The van der Waals surface area contributed by atoms with E-state index < -0.39 is 13.8 Å². The maximum absolute atomic E-state index is 11.3. The fraction of sp³-hybridized carbons (Fsp3) is 0.429. The van der Waals surface area contributed by atoms with Gasteiger partial charge in [0.1, 0.15) is 0 Å². The van der Waals surface area contributed by atoms with Crippen LogP contribution in [0.4, 0.5) is 0 Å². The normalized spacial score (nSPS) is 12.9. The van der Waals surface area contributed by atoms with Gasteiger partial charge in [-0.05, 0) is 23.1 Å². The fourth-order valence-electron chi connectivity index (χ4n) is 3.37. The monoisotopic (exact) mass is 358 g/mol. The van der Waals surface area contributed by atoms with E-state index in [-0.39, 0.29) is 5.92 Å². The Kier molecular flexibility index (Phi) is 7.90. The first-order valence-corrected chi connectivity index (χ1v) is 10.9. The molecule has 2 rings (SSSR count). The highest BCUT2D eigenvalue weighted by Crippen LogP contribution is 2.37. The van der Waals surface area contributed by atoms with Gasteiger partial charge in [-0.2, -0.15) is 0 Å². The molecule has 0 N–H and O–H groups in total. The first-order valence-electron chi connectivity index (χ1n) is 9.15. The van der Waals surface area contributed by atoms with Crippen LogP contribution in [0, 0.1) is 0 Å². The van der Waals surface area contributed by atoms with E-state index in [2.05, 4.69) is 19.1 Å². The van der Waals surface area contributed by atoms with Crippen LogP contribution in [0.25, 0.3) is 0 Å². The largest absolute Gasteiger partial charge is 0.810 e. The van der Waals surface area contributed by atoms with E-state index in [1.165, 1.54) is 31.2 Å². The van der Waals surface area contributed by atoms with Crippen molar-refractivity contribution in [1.82, 2.24) is 0 Å². The third kappa shape index (κ3) is 6.78. The highest BCUT2D eigenvalue weighted by molar-refractivity contribution is 7.47. The summed E-state index contributed by atoms with van der Waals surface area (Å²) in [6.45, 7) is 2.20. The fourth-order valence-corrected chi connectivity index (χ4v) is 4.07. The number of benzene rings is 2. The lowest BCUT2D eigenvalue weighted by Crippen LogP contribution is -2.17. The summed E-state index contributed by atoms with van der Waals surface area (Å²) in [4.78, 5) is 22.6. The molecule has 0 fully saturated rings. The molecule has 0 aliphatic rings. The van der Waals surface area contributed by atoms with Crippen molar-refractivity contribution in [2.75, 3.05) is 0 Å². The van der Waals surface area contributed by atoms with Gasteiger partial charge in [0.15, 0.2) is 0 Å². The van der Waals surface area contributed by atoms with Gasteiger partial charge in [0.05, 0.1) is 0 Å². The molecule has 0 bridgehead atoms. The molecule has 0 heterocycles. The summed E-state index contributed by atoms with van der Waals surface area (Å²) in [6, 6.07) is 17.6. The average molecular weight is 358 g/mol. The molecule has 0 spiro atoms. The smallest absolute Gasteiger partial charge is 0.00922 e. The zero-order valence-electron chi connectivity index (χ0n) is 14.9. The third-order valence-corrected chi connectivity index (χ3v) is 5.32. The predicted octanol–water partition coefficient (Wildman–Crippen LogP) is 4.59. The lowest BCUT2D eigenvalue weighted by atomic mass is 9.84. The standard InChI is InChI=1S/C21H29O3P/c1-2-3-4-5-9-15-20(18-12-7-6-8-13-18)21-16-11-10-14-19(21)17-25(22,23)24/h6-8,10-14,16,20H,2-5,9,15,17H2,1H3,(H2,22,23,24)/p-2. The molecule has 1 unspecified atom stereocenters. The van der Waals surface area contributed by atoms with E-state index in [1.807, 2.05) is 30.3 Å². The Morgan fingerprint density at radius 1 is 0.880 bits per heavy atom. The van der Waals surface area contributed by atoms with Gasteiger partial charge in [0, 0.05) is 12.1 Å². The van der Waals surface area contributed by atoms with E-state index in [1.54, 1.807) is 12.1 Å². The summed E-state index contributed by atoms with van der Waals surface area (Å²) in [5.74, 6) is 0.130. The molecule has 2 aromatic carbocycles.